The summed E-state index contributed by atoms with van der Waals surface area (Å²) in [6.07, 6.45) is 0.955. The van der Waals surface area contributed by atoms with Gasteiger partial charge in [-0.25, -0.2) is 0 Å². The van der Waals surface area contributed by atoms with Crippen LogP contribution < -0.4 is 10.5 Å². The largest absolute Gasteiger partial charge is 0.493 e. The number of hydrogen-bond acceptors (Lipinski definition) is 3. The summed E-state index contributed by atoms with van der Waals surface area (Å²) in [6.45, 7) is 1.27. The molecular weight excluding hydrogens is 218 g/mol. The molecule has 0 radical (unpaired) electrons. The Bertz CT molecular complexity index is 425. The molecule has 1 aromatic heterocycles. The molecule has 2 aromatic rings. The minimum atomic E-state index is 0.557. The maximum atomic E-state index is 5.67. The van der Waals surface area contributed by atoms with E-state index in [2.05, 4.69) is 16.8 Å². The fourth-order valence-corrected chi connectivity index (χ4v) is 2.19. The molecule has 1 aromatic carbocycles. The van der Waals surface area contributed by atoms with Gasteiger partial charge in [0.25, 0.3) is 0 Å². The van der Waals surface area contributed by atoms with Gasteiger partial charge in [0.2, 0.25) is 0 Å². The summed E-state index contributed by atoms with van der Waals surface area (Å²) in [6, 6.07) is 10.1. The monoisotopic (exact) mass is 233 g/mol. The van der Waals surface area contributed by atoms with Crippen molar-refractivity contribution in [2.24, 2.45) is 5.73 Å². The first-order chi connectivity index (χ1) is 7.88. The van der Waals surface area contributed by atoms with Gasteiger partial charge in [0.15, 0.2) is 0 Å². The molecule has 0 saturated heterocycles. The number of hydrogen-bond donors (Lipinski definition) is 1. The Kier molecular flexibility index (Phi) is 3.97. The highest BCUT2D eigenvalue weighted by Crippen LogP contribution is 2.14. The Morgan fingerprint density at radius 1 is 1.19 bits per heavy atom. The lowest BCUT2D eigenvalue weighted by Gasteiger charge is -2.06. The minimum absolute atomic E-state index is 0.557. The molecule has 0 aliphatic heterocycles. The molecule has 3 heteroatoms. The molecule has 1 heterocycles. The lowest BCUT2D eigenvalue weighted by atomic mass is 10.2. The average molecular weight is 233 g/mol. The summed E-state index contributed by atoms with van der Waals surface area (Å²) >= 11 is 1.72. The Labute approximate surface area is 99.7 Å². The molecule has 0 aliphatic carbocycles. The topological polar surface area (TPSA) is 35.2 Å². The summed E-state index contributed by atoms with van der Waals surface area (Å²) < 4.78 is 5.67. The lowest BCUT2D eigenvalue weighted by molar-refractivity contribution is 0.322. The predicted octanol–water partition coefficient (Wildman–Crippen LogP) is 2.83. The molecule has 2 rings (SSSR count). The molecule has 0 spiro atoms. The highest BCUT2D eigenvalue weighted by Gasteiger charge is 1.97. The van der Waals surface area contributed by atoms with Crippen molar-refractivity contribution in [3.8, 4) is 5.75 Å². The van der Waals surface area contributed by atoms with Gasteiger partial charge >= 0.3 is 0 Å². The normalized spacial score (nSPS) is 10.3. The summed E-state index contributed by atoms with van der Waals surface area (Å²) in [4.78, 5) is 0. The lowest BCUT2D eigenvalue weighted by Crippen LogP contribution is -2.02. The van der Waals surface area contributed by atoms with Crippen molar-refractivity contribution in [1.82, 2.24) is 0 Å². The Morgan fingerprint density at radius 2 is 2.12 bits per heavy atom. The summed E-state index contributed by atoms with van der Waals surface area (Å²) in [5.74, 6) is 0.901. The van der Waals surface area contributed by atoms with E-state index in [4.69, 9.17) is 10.5 Å². The van der Waals surface area contributed by atoms with Crippen LogP contribution in [-0.2, 0) is 13.0 Å². The van der Waals surface area contributed by atoms with Gasteiger partial charge in [-0.05, 0) is 40.1 Å². The molecule has 16 heavy (non-hydrogen) atoms. The van der Waals surface area contributed by atoms with Crippen LogP contribution in [0.15, 0.2) is 41.1 Å². The molecule has 0 aliphatic rings. The van der Waals surface area contributed by atoms with E-state index in [0.29, 0.717) is 13.2 Å². The van der Waals surface area contributed by atoms with E-state index >= 15 is 0 Å². The Balaban J connectivity index is 1.85. The molecule has 0 bridgehead atoms. The van der Waals surface area contributed by atoms with Gasteiger partial charge in [-0.3, -0.25) is 0 Å². The van der Waals surface area contributed by atoms with Crippen molar-refractivity contribution >= 4 is 11.3 Å². The Hall–Kier alpha value is -1.32. The first kappa shape index (κ1) is 11.2. The first-order valence-corrected chi connectivity index (χ1v) is 6.25. The number of rotatable bonds is 5. The van der Waals surface area contributed by atoms with Crippen LogP contribution in [-0.4, -0.2) is 6.61 Å². The summed E-state index contributed by atoms with van der Waals surface area (Å²) in [5, 5.41) is 4.24. The third-order valence-corrected chi connectivity index (χ3v) is 3.11. The molecule has 2 N–H and O–H groups in total. The van der Waals surface area contributed by atoms with E-state index < -0.39 is 0 Å². The van der Waals surface area contributed by atoms with Crippen molar-refractivity contribution in [1.29, 1.82) is 0 Å². The van der Waals surface area contributed by atoms with Gasteiger partial charge < -0.3 is 10.5 Å². The van der Waals surface area contributed by atoms with Crippen molar-refractivity contribution in [2.75, 3.05) is 6.61 Å². The van der Waals surface area contributed by atoms with Crippen molar-refractivity contribution in [2.45, 2.75) is 13.0 Å². The van der Waals surface area contributed by atoms with Gasteiger partial charge in [0.1, 0.15) is 5.75 Å². The van der Waals surface area contributed by atoms with Crippen LogP contribution >= 0.6 is 11.3 Å². The smallest absolute Gasteiger partial charge is 0.119 e. The SMILES string of the molecule is NCc1cccc(OCCc2ccsc2)c1. The van der Waals surface area contributed by atoms with Crippen LogP contribution in [0.4, 0.5) is 0 Å². The first-order valence-electron chi connectivity index (χ1n) is 5.31. The van der Waals surface area contributed by atoms with E-state index in [-0.39, 0.29) is 0 Å². The van der Waals surface area contributed by atoms with Crippen LogP contribution in [0.3, 0.4) is 0 Å². The standard InChI is InChI=1S/C13H15NOS/c14-9-12-2-1-3-13(8-12)15-6-4-11-5-7-16-10-11/h1-3,5,7-8,10H,4,6,9,14H2. The second kappa shape index (κ2) is 5.68. The highest BCUT2D eigenvalue weighted by atomic mass is 32.1. The van der Waals surface area contributed by atoms with Gasteiger partial charge in [-0.15, -0.1) is 0 Å². The van der Waals surface area contributed by atoms with Crippen molar-refractivity contribution in [3.05, 3.63) is 52.2 Å². The molecule has 0 atom stereocenters. The summed E-state index contributed by atoms with van der Waals surface area (Å²) in [7, 11) is 0. The molecule has 2 nitrogen and oxygen atoms in total. The quantitative estimate of drug-likeness (QED) is 0.862. The van der Waals surface area contributed by atoms with E-state index in [9.17, 15) is 0 Å². The number of benzene rings is 1. The van der Waals surface area contributed by atoms with E-state index in [1.807, 2.05) is 24.3 Å². The average Bonchev–Trinajstić information content (AvgIpc) is 2.82. The third kappa shape index (κ3) is 3.08. The molecular formula is C13H15NOS. The van der Waals surface area contributed by atoms with E-state index in [1.165, 1.54) is 5.56 Å². The second-order valence-corrected chi connectivity index (χ2v) is 4.36. The molecule has 0 unspecified atom stereocenters. The fourth-order valence-electron chi connectivity index (χ4n) is 1.48. The zero-order valence-corrected chi connectivity index (χ0v) is 9.87. The Morgan fingerprint density at radius 3 is 2.88 bits per heavy atom. The summed E-state index contributed by atoms with van der Waals surface area (Å²) in [5.41, 5.74) is 8.01. The number of ether oxygens (including phenoxy) is 1. The van der Waals surface area contributed by atoms with Crippen LogP contribution in [0.5, 0.6) is 5.75 Å². The molecule has 84 valence electrons. The maximum Gasteiger partial charge on any atom is 0.119 e. The van der Waals surface area contributed by atoms with Crippen LogP contribution in [0.1, 0.15) is 11.1 Å². The zero-order valence-electron chi connectivity index (χ0n) is 9.06. The molecule has 0 fully saturated rings. The predicted molar refractivity (Wildman–Crippen MR) is 67.9 cm³/mol. The molecule has 0 amide bonds. The second-order valence-electron chi connectivity index (χ2n) is 3.58. The van der Waals surface area contributed by atoms with Gasteiger partial charge in [-0.1, -0.05) is 12.1 Å². The molecule has 0 saturated carbocycles. The van der Waals surface area contributed by atoms with Crippen molar-refractivity contribution in [3.63, 3.8) is 0 Å². The van der Waals surface area contributed by atoms with Crippen LogP contribution in [0, 0.1) is 0 Å². The van der Waals surface area contributed by atoms with Gasteiger partial charge in [-0.2, -0.15) is 11.3 Å². The zero-order chi connectivity index (χ0) is 11.2. The van der Waals surface area contributed by atoms with Crippen LogP contribution in [0.25, 0.3) is 0 Å². The van der Waals surface area contributed by atoms with E-state index in [0.717, 1.165) is 17.7 Å². The number of nitrogens with two attached hydrogens (primary N) is 1. The third-order valence-electron chi connectivity index (χ3n) is 2.37. The number of thiophene rings is 1. The fraction of sp³-hybridized carbons (Fsp3) is 0.231. The van der Waals surface area contributed by atoms with E-state index in [1.54, 1.807) is 11.3 Å². The minimum Gasteiger partial charge on any atom is -0.493 e. The van der Waals surface area contributed by atoms with Gasteiger partial charge in [0, 0.05) is 13.0 Å². The van der Waals surface area contributed by atoms with Crippen LogP contribution in [0.2, 0.25) is 0 Å². The maximum absolute atomic E-state index is 5.67. The van der Waals surface area contributed by atoms with Crippen molar-refractivity contribution < 1.29 is 4.74 Å². The highest BCUT2D eigenvalue weighted by molar-refractivity contribution is 7.07. The van der Waals surface area contributed by atoms with Gasteiger partial charge in [0.05, 0.1) is 6.61 Å².